The van der Waals surface area contributed by atoms with E-state index < -0.39 is 10.0 Å². The van der Waals surface area contributed by atoms with Crippen LogP contribution >= 0.6 is 0 Å². The highest BCUT2D eigenvalue weighted by Gasteiger charge is 2.14. The maximum atomic E-state index is 11.0. The first kappa shape index (κ1) is 9.70. The predicted octanol–water partition coefficient (Wildman–Crippen LogP) is 0.450. The fourth-order valence-corrected chi connectivity index (χ4v) is 1.82. The third-order valence-corrected chi connectivity index (χ3v) is 2.78. The van der Waals surface area contributed by atoms with E-state index in [1.807, 2.05) is 0 Å². The van der Waals surface area contributed by atoms with Gasteiger partial charge >= 0.3 is 0 Å². The second kappa shape index (κ2) is 4.02. The maximum absolute atomic E-state index is 11.0. The Bertz CT molecular complexity index is 242. The van der Waals surface area contributed by atoms with Gasteiger partial charge in [0.1, 0.15) is 0 Å². The molecule has 0 saturated carbocycles. The van der Waals surface area contributed by atoms with E-state index in [9.17, 15) is 8.42 Å². The smallest absolute Gasteiger partial charge is 0.231 e. The molecule has 0 aromatic heterocycles. The molecule has 0 unspecified atom stereocenters. The van der Waals surface area contributed by atoms with Gasteiger partial charge in [-0.25, -0.2) is 13.4 Å². The van der Waals surface area contributed by atoms with Gasteiger partial charge in [-0.05, 0) is 12.8 Å². The van der Waals surface area contributed by atoms with Crippen LogP contribution in [0, 0.1) is 0 Å². The van der Waals surface area contributed by atoms with Gasteiger partial charge in [0, 0.05) is 18.5 Å². The third kappa shape index (κ3) is 2.92. The fourth-order valence-electron chi connectivity index (χ4n) is 1.20. The highest BCUT2D eigenvalue weighted by atomic mass is 32.2. The first-order chi connectivity index (χ1) is 5.64. The molecule has 12 heavy (non-hydrogen) atoms. The molecule has 5 heteroatoms. The lowest BCUT2D eigenvalue weighted by Crippen LogP contribution is -2.44. The molecule has 1 aliphatic rings. The van der Waals surface area contributed by atoms with Crippen LogP contribution in [-0.4, -0.2) is 26.5 Å². The van der Waals surface area contributed by atoms with Gasteiger partial charge in [-0.1, -0.05) is 13.0 Å². The molecular weight excluding hydrogens is 176 g/mol. The molecule has 1 saturated heterocycles. The third-order valence-electron chi connectivity index (χ3n) is 1.83. The fraction of sp³-hybridized carbons (Fsp3) is 0.714. The van der Waals surface area contributed by atoms with Crippen molar-refractivity contribution in [2.75, 3.05) is 13.1 Å². The van der Waals surface area contributed by atoms with Gasteiger partial charge in [-0.3, -0.25) is 0 Å². The molecule has 70 valence electrons. The van der Waals surface area contributed by atoms with Gasteiger partial charge in [0.25, 0.3) is 0 Å². The van der Waals surface area contributed by atoms with Crippen LogP contribution in [0.15, 0.2) is 12.0 Å². The molecule has 0 spiro atoms. The molecule has 4 nitrogen and oxygen atoms in total. The number of sulfonamides is 1. The average molecular weight is 190 g/mol. The molecule has 0 radical (unpaired) electrons. The van der Waals surface area contributed by atoms with Crippen LogP contribution in [0.3, 0.4) is 0 Å². The lowest BCUT2D eigenvalue weighted by molar-refractivity contribution is 0.201. The van der Waals surface area contributed by atoms with E-state index in [1.54, 1.807) is 5.01 Å². The summed E-state index contributed by atoms with van der Waals surface area (Å²) in [7, 11) is -3.28. The first-order valence-corrected chi connectivity index (χ1v) is 5.58. The van der Waals surface area contributed by atoms with E-state index in [-0.39, 0.29) is 0 Å². The van der Waals surface area contributed by atoms with E-state index in [4.69, 9.17) is 0 Å². The monoisotopic (exact) mass is 190 g/mol. The van der Waals surface area contributed by atoms with Crippen LogP contribution in [0.4, 0.5) is 0 Å². The van der Waals surface area contributed by atoms with Gasteiger partial charge in [0.15, 0.2) is 0 Å². The Labute approximate surface area is 73.3 Å². The van der Waals surface area contributed by atoms with Crippen molar-refractivity contribution in [3.05, 3.63) is 12.0 Å². The van der Waals surface area contributed by atoms with Crippen LogP contribution in [0.5, 0.6) is 0 Å². The van der Waals surface area contributed by atoms with Crippen molar-refractivity contribution in [1.29, 1.82) is 0 Å². The molecule has 1 fully saturated rings. The van der Waals surface area contributed by atoms with Crippen molar-refractivity contribution < 1.29 is 8.42 Å². The van der Waals surface area contributed by atoms with E-state index in [1.165, 1.54) is 6.42 Å². The Morgan fingerprint density at radius 1 is 1.25 bits per heavy atom. The number of hydrazine groups is 1. The molecule has 0 aromatic carbocycles. The van der Waals surface area contributed by atoms with Crippen molar-refractivity contribution in [2.45, 2.75) is 19.3 Å². The predicted molar refractivity (Wildman–Crippen MR) is 47.7 cm³/mol. The van der Waals surface area contributed by atoms with Crippen LogP contribution in [0.2, 0.25) is 0 Å². The average Bonchev–Trinajstić information content (AvgIpc) is 2.06. The molecule has 1 rings (SSSR count). The summed E-state index contributed by atoms with van der Waals surface area (Å²) in [6.07, 6.45) is 3.30. The molecule has 1 heterocycles. The zero-order valence-corrected chi connectivity index (χ0v) is 7.81. The largest absolute Gasteiger partial charge is 0.246 e. The van der Waals surface area contributed by atoms with E-state index in [0.717, 1.165) is 31.3 Å². The first-order valence-electron chi connectivity index (χ1n) is 4.04. The Morgan fingerprint density at radius 2 is 1.83 bits per heavy atom. The Kier molecular flexibility index (Phi) is 3.25. The molecule has 0 aromatic rings. The lowest BCUT2D eigenvalue weighted by Gasteiger charge is -2.25. The van der Waals surface area contributed by atoms with Crippen LogP contribution in [0.25, 0.3) is 0 Å². The molecule has 0 aliphatic carbocycles. The summed E-state index contributed by atoms with van der Waals surface area (Å²) in [6.45, 7) is 4.82. The number of hydrogen-bond acceptors (Lipinski definition) is 3. The van der Waals surface area contributed by atoms with Crippen molar-refractivity contribution in [2.24, 2.45) is 0 Å². The highest BCUT2D eigenvalue weighted by molar-refractivity contribution is 7.92. The highest BCUT2D eigenvalue weighted by Crippen LogP contribution is 2.06. The zero-order valence-electron chi connectivity index (χ0n) is 6.99. The molecule has 0 amide bonds. The Balaban J connectivity index is 2.44. The zero-order chi connectivity index (χ0) is 9.03. The Morgan fingerprint density at radius 3 is 2.33 bits per heavy atom. The van der Waals surface area contributed by atoms with Crippen LogP contribution in [-0.2, 0) is 10.0 Å². The number of piperidine rings is 1. The van der Waals surface area contributed by atoms with Gasteiger partial charge in [0.2, 0.25) is 10.0 Å². The standard InChI is InChI=1S/C7H14N2O2S/c1-2-12(10,11)8-9-6-4-3-5-7-9/h2,8H,1,3-7H2. The summed E-state index contributed by atoms with van der Waals surface area (Å²) in [5.74, 6) is 0. The molecule has 1 aliphatic heterocycles. The van der Waals surface area contributed by atoms with E-state index >= 15 is 0 Å². The minimum atomic E-state index is -3.28. The molecular formula is C7H14N2O2S. The molecule has 0 bridgehead atoms. The van der Waals surface area contributed by atoms with Gasteiger partial charge in [-0.2, -0.15) is 0 Å². The Hall–Kier alpha value is -0.390. The van der Waals surface area contributed by atoms with Gasteiger partial charge in [0.05, 0.1) is 0 Å². The SMILES string of the molecule is C=CS(=O)(=O)NN1CCCCC1. The number of hydrogen-bond donors (Lipinski definition) is 1. The second-order valence-corrected chi connectivity index (χ2v) is 4.46. The second-order valence-electron chi connectivity index (χ2n) is 2.85. The minimum Gasteiger partial charge on any atom is -0.231 e. The van der Waals surface area contributed by atoms with Crippen LogP contribution < -0.4 is 4.83 Å². The lowest BCUT2D eigenvalue weighted by atomic mass is 10.2. The summed E-state index contributed by atoms with van der Waals surface area (Å²) in [6, 6.07) is 0. The summed E-state index contributed by atoms with van der Waals surface area (Å²) >= 11 is 0. The van der Waals surface area contributed by atoms with Crippen molar-refractivity contribution in [1.82, 2.24) is 9.84 Å². The summed E-state index contributed by atoms with van der Waals surface area (Å²) in [4.78, 5) is 2.43. The van der Waals surface area contributed by atoms with Crippen molar-refractivity contribution >= 4 is 10.0 Å². The topological polar surface area (TPSA) is 49.4 Å². The number of nitrogens with zero attached hydrogens (tertiary/aromatic N) is 1. The van der Waals surface area contributed by atoms with Gasteiger partial charge < -0.3 is 0 Å². The van der Waals surface area contributed by atoms with Crippen LogP contribution in [0.1, 0.15) is 19.3 Å². The summed E-state index contributed by atoms with van der Waals surface area (Å²) in [5, 5.41) is 2.65. The summed E-state index contributed by atoms with van der Waals surface area (Å²) < 4.78 is 22.0. The number of nitrogens with one attached hydrogen (secondary N) is 1. The minimum absolute atomic E-state index is 0.799. The summed E-state index contributed by atoms with van der Waals surface area (Å²) in [5.41, 5.74) is 0. The van der Waals surface area contributed by atoms with Gasteiger partial charge in [-0.15, -0.1) is 4.83 Å². The normalized spacial score (nSPS) is 20.7. The maximum Gasteiger partial charge on any atom is 0.246 e. The molecule has 1 N–H and O–H groups in total. The molecule has 0 atom stereocenters. The quantitative estimate of drug-likeness (QED) is 0.703. The van der Waals surface area contributed by atoms with E-state index in [0.29, 0.717) is 0 Å². The van der Waals surface area contributed by atoms with Crippen molar-refractivity contribution in [3.63, 3.8) is 0 Å². The van der Waals surface area contributed by atoms with Crippen molar-refractivity contribution in [3.8, 4) is 0 Å². The van der Waals surface area contributed by atoms with E-state index in [2.05, 4.69) is 11.4 Å². The number of rotatable bonds is 3.